The topological polar surface area (TPSA) is 114 Å². The lowest BCUT2D eigenvalue weighted by molar-refractivity contribution is -0.199. The van der Waals surface area contributed by atoms with E-state index in [4.69, 9.17) is 23.2 Å². The number of esters is 1. The summed E-state index contributed by atoms with van der Waals surface area (Å²) in [5.41, 5.74) is 1.57. The number of ether oxygens (including phenoxy) is 1. The lowest BCUT2D eigenvalue weighted by atomic mass is 10.0. The number of carbonyl (C=O) groups is 2. The number of phenols is 1. The molecule has 4 N–H and O–H groups in total. The first-order valence-electron chi connectivity index (χ1n) is 12.6. The SMILES string of the molecule is O=C(COC(=O)C(F)(F)F)Nc1cc(Cl)c(O)cc1N1CC(O)C(NC2CCN(Cc3ccc(Cl)cc3)CC2)C1. The molecule has 2 saturated heterocycles. The van der Waals surface area contributed by atoms with Gasteiger partial charge >= 0.3 is 12.1 Å². The molecular formula is C26H29Cl2F3N4O5. The van der Waals surface area contributed by atoms with E-state index < -0.39 is 30.8 Å². The third-order valence-corrected chi connectivity index (χ3v) is 7.45. The van der Waals surface area contributed by atoms with E-state index in [0.29, 0.717) is 17.3 Å². The number of anilines is 2. The number of aliphatic hydroxyl groups is 1. The van der Waals surface area contributed by atoms with Crippen molar-refractivity contribution in [1.82, 2.24) is 10.2 Å². The lowest BCUT2D eigenvalue weighted by Gasteiger charge is -2.34. The van der Waals surface area contributed by atoms with E-state index in [-0.39, 0.29) is 35.1 Å². The second-order valence-electron chi connectivity index (χ2n) is 9.87. The number of piperidine rings is 1. The number of hydrogen-bond donors (Lipinski definition) is 4. The summed E-state index contributed by atoms with van der Waals surface area (Å²) in [6.07, 6.45) is -4.22. The van der Waals surface area contributed by atoms with Gasteiger partial charge in [0.25, 0.3) is 5.91 Å². The molecule has 1 amide bonds. The van der Waals surface area contributed by atoms with Crippen molar-refractivity contribution in [2.75, 3.05) is 43.0 Å². The maximum absolute atomic E-state index is 12.4. The lowest BCUT2D eigenvalue weighted by Crippen LogP contribution is -2.49. The average molecular weight is 605 g/mol. The number of aliphatic hydroxyl groups excluding tert-OH is 1. The van der Waals surface area contributed by atoms with Gasteiger partial charge in [0.15, 0.2) is 6.61 Å². The van der Waals surface area contributed by atoms with Crippen molar-refractivity contribution in [3.05, 3.63) is 52.0 Å². The van der Waals surface area contributed by atoms with Gasteiger partial charge in [-0.25, -0.2) is 4.79 Å². The standard InChI is InChI=1S/C26H29Cl2F3N4O5/c27-16-3-1-15(2-4-16)11-34-7-5-17(6-8-34)32-20-12-35(13-23(20)37)21-10-22(36)18(28)9-19(21)33-24(38)14-40-25(39)26(29,30)31/h1-4,9-10,17,20,23,32,36-37H,5-8,11-14H2,(H,33,38). The largest absolute Gasteiger partial charge is 0.506 e. The van der Waals surface area contributed by atoms with Gasteiger partial charge in [0.1, 0.15) is 5.75 Å². The number of nitrogens with one attached hydrogen (secondary N) is 2. The number of likely N-dealkylation sites (tertiary alicyclic amines) is 1. The molecule has 2 atom stereocenters. The van der Waals surface area contributed by atoms with Crippen LogP contribution in [0.5, 0.6) is 5.75 Å². The van der Waals surface area contributed by atoms with E-state index in [1.165, 1.54) is 17.7 Å². The Morgan fingerprint density at radius 1 is 1.07 bits per heavy atom. The van der Waals surface area contributed by atoms with Gasteiger partial charge in [0, 0.05) is 36.8 Å². The minimum atomic E-state index is -5.23. The molecule has 2 aromatic rings. The molecule has 0 saturated carbocycles. The highest BCUT2D eigenvalue weighted by molar-refractivity contribution is 6.32. The van der Waals surface area contributed by atoms with Crippen LogP contribution in [0.25, 0.3) is 0 Å². The van der Waals surface area contributed by atoms with Crippen LogP contribution in [-0.4, -0.2) is 84.1 Å². The first-order chi connectivity index (χ1) is 18.9. The third kappa shape index (κ3) is 7.91. The van der Waals surface area contributed by atoms with Crippen LogP contribution in [0.2, 0.25) is 10.0 Å². The molecule has 2 fully saturated rings. The Hall–Kier alpha value is -2.77. The minimum Gasteiger partial charge on any atom is -0.506 e. The zero-order valence-electron chi connectivity index (χ0n) is 21.3. The van der Waals surface area contributed by atoms with Crippen LogP contribution in [0.3, 0.4) is 0 Å². The molecule has 2 aliphatic rings. The highest BCUT2D eigenvalue weighted by Gasteiger charge is 2.41. The van der Waals surface area contributed by atoms with Crippen LogP contribution in [0.4, 0.5) is 24.5 Å². The van der Waals surface area contributed by atoms with Crippen molar-refractivity contribution in [1.29, 1.82) is 0 Å². The summed E-state index contributed by atoms with van der Waals surface area (Å²) < 4.78 is 41.1. The maximum atomic E-state index is 12.4. The maximum Gasteiger partial charge on any atom is 0.490 e. The molecule has 4 rings (SSSR count). The molecule has 2 aliphatic heterocycles. The highest BCUT2D eigenvalue weighted by atomic mass is 35.5. The van der Waals surface area contributed by atoms with E-state index in [9.17, 15) is 33.0 Å². The fourth-order valence-corrected chi connectivity index (χ4v) is 5.16. The Balaban J connectivity index is 1.33. The van der Waals surface area contributed by atoms with Crippen LogP contribution >= 0.6 is 23.2 Å². The van der Waals surface area contributed by atoms with Crippen LogP contribution in [0, 0.1) is 0 Å². The molecule has 218 valence electrons. The molecule has 0 spiro atoms. The summed E-state index contributed by atoms with van der Waals surface area (Å²) in [6.45, 7) is 1.92. The van der Waals surface area contributed by atoms with Crippen molar-refractivity contribution in [3.8, 4) is 5.75 Å². The second-order valence-corrected chi connectivity index (χ2v) is 10.7. The Bertz CT molecular complexity index is 1210. The second kappa shape index (κ2) is 12.8. The number of rotatable bonds is 8. The molecule has 0 aromatic heterocycles. The number of phenolic OH excluding ortho intramolecular Hbond substituents is 1. The van der Waals surface area contributed by atoms with E-state index in [0.717, 1.165) is 32.5 Å². The van der Waals surface area contributed by atoms with Gasteiger partial charge in [-0.05, 0) is 49.7 Å². The van der Waals surface area contributed by atoms with Gasteiger partial charge in [0.05, 0.1) is 28.5 Å². The molecule has 0 bridgehead atoms. The molecule has 0 aliphatic carbocycles. The summed E-state index contributed by atoms with van der Waals surface area (Å²) in [7, 11) is 0. The predicted molar refractivity (Wildman–Crippen MR) is 144 cm³/mol. The third-order valence-electron chi connectivity index (χ3n) is 6.89. The number of amides is 1. The van der Waals surface area contributed by atoms with Gasteiger partial charge < -0.3 is 30.5 Å². The van der Waals surface area contributed by atoms with Crippen molar-refractivity contribution >= 4 is 46.5 Å². The van der Waals surface area contributed by atoms with Crippen molar-refractivity contribution in [3.63, 3.8) is 0 Å². The molecule has 2 unspecified atom stereocenters. The number of hydrogen-bond acceptors (Lipinski definition) is 8. The number of alkyl halides is 3. The van der Waals surface area contributed by atoms with Gasteiger partial charge in [-0.1, -0.05) is 35.3 Å². The van der Waals surface area contributed by atoms with E-state index in [1.54, 1.807) is 4.90 Å². The Morgan fingerprint density at radius 2 is 1.75 bits per heavy atom. The van der Waals surface area contributed by atoms with Crippen LogP contribution in [0.1, 0.15) is 18.4 Å². The number of β-amino-alcohol motifs (C(OH)–C–C–N with tert-alkyl or cyclic N) is 1. The fraction of sp³-hybridized carbons (Fsp3) is 0.462. The van der Waals surface area contributed by atoms with E-state index in [1.807, 2.05) is 24.3 Å². The van der Waals surface area contributed by atoms with Crippen LogP contribution in [0.15, 0.2) is 36.4 Å². The quantitative estimate of drug-likeness (QED) is 0.267. The fourth-order valence-electron chi connectivity index (χ4n) is 4.87. The van der Waals surface area contributed by atoms with Crippen molar-refractivity contribution in [2.45, 2.75) is 43.8 Å². The zero-order valence-corrected chi connectivity index (χ0v) is 22.8. The average Bonchev–Trinajstić information content (AvgIpc) is 3.26. The highest BCUT2D eigenvalue weighted by Crippen LogP contribution is 2.37. The number of nitrogens with zero attached hydrogens (tertiary/aromatic N) is 2. The van der Waals surface area contributed by atoms with Gasteiger partial charge in [0.2, 0.25) is 0 Å². The smallest absolute Gasteiger partial charge is 0.490 e. The van der Waals surface area contributed by atoms with Crippen LogP contribution in [-0.2, 0) is 20.9 Å². The summed E-state index contributed by atoms with van der Waals surface area (Å²) >= 11 is 12.0. The summed E-state index contributed by atoms with van der Waals surface area (Å²) in [4.78, 5) is 27.2. The monoisotopic (exact) mass is 604 g/mol. The summed E-state index contributed by atoms with van der Waals surface area (Å²) in [5.74, 6) is -3.79. The first-order valence-corrected chi connectivity index (χ1v) is 13.4. The molecule has 2 aromatic carbocycles. The Labute approximate surface area is 238 Å². The Kier molecular flexibility index (Phi) is 9.68. The molecular weight excluding hydrogens is 576 g/mol. The number of carbonyl (C=O) groups excluding carboxylic acids is 2. The molecule has 2 heterocycles. The normalized spacial score (nSPS) is 20.5. The molecule has 40 heavy (non-hydrogen) atoms. The van der Waals surface area contributed by atoms with Gasteiger partial charge in [-0.3, -0.25) is 9.69 Å². The van der Waals surface area contributed by atoms with Gasteiger partial charge in [-0.15, -0.1) is 0 Å². The minimum absolute atomic E-state index is 0.0826. The van der Waals surface area contributed by atoms with E-state index >= 15 is 0 Å². The van der Waals surface area contributed by atoms with Crippen molar-refractivity contribution in [2.24, 2.45) is 0 Å². The zero-order chi connectivity index (χ0) is 29.0. The molecule has 14 heteroatoms. The number of halogens is 5. The van der Waals surface area contributed by atoms with Gasteiger partial charge in [-0.2, -0.15) is 13.2 Å². The van der Waals surface area contributed by atoms with E-state index in [2.05, 4.69) is 20.3 Å². The molecule has 9 nitrogen and oxygen atoms in total. The van der Waals surface area contributed by atoms with Crippen LogP contribution < -0.4 is 15.5 Å². The molecule has 0 radical (unpaired) electrons. The number of benzene rings is 2. The Morgan fingerprint density at radius 3 is 2.40 bits per heavy atom. The number of aromatic hydroxyl groups is 1. The summed E-state index contributed by atoms with van der Waals surface area (Å²) in [6, 6.07) is 10.2. The van der Waals surface area contributed by atoms with Crippen molar-refractivity contribution < 1.29 is 37.7 Å². The summed E-state index contributed by atoms with van der Waals surface area (Å²) in [5, 5.41) is 27.4. The first kappa shape index (κ1) is 30.2. The predicted octanol–water partition coefficient (Wildman–Crippen LogP) is 3.55.